The normalized spacial score (nSPS) is 18.8. The van der Waals surface area contributed by atoms with Gasteiger partial charge in [0.15, 0.2) is 0 Å². The van der Waals surface area contributed by atoms with E-state index in [0.717, 1.165) is 37.3 Å². The summed E-state index contributed by atoms with van der Waals surface area (Å²) in [6.07, 6.45) is 2.69. The smallest absolute Gasteiger partial charge is 0.228 e. The Morgan fingerprint density at radius 2 is 1.67 bits per heavy atom. The van der Waals surface area contributed by atoms with E-state index in [1.165, 1.54) is 0 Å². The highest BCUT2D eigenvalue weighted by Crippen LogP contribution is 2.39. The zero-order valence-electron chi connectivity index (χ0n) is 15.0. The van der Waals surface area contributed by atoms with Gasteiger partial charge in [-0.25, -0.2) is 0 Å². The summed E-state index contributed by atoms with van der Waals surface area (Å²) in [7, 11) is 0. The fraction of sp³-hybridized carbons (Fsp3) is 0.579. The van der Waals surface area contributed by atoms with Crippen LogP contribution in [0.3, 0.4) is 0 Å². The number of nitrogens with zero attached hydrogens (tertiary/aromatic N) is 1. The number of carbonyl (C=O) groups is 2. The fourth-order valence-electron chi connectivity index (χ4n) is 2.87. The van der Waals surface area contributed by atoms with Gasteiger partial charge >= 0.3 is 0 Å². The van der Waals surface area contributed by atoms with Crippen LogP contribution in [-0.4, -0.2) is 31.4 Å². The van der Waals surface area contributed by atoms with E-state index < -0.39 is 0 Å². The van der Waals surface area contributed by atoms with Gasteiger partial charge in [-0.05, 0) is 51.0 Å². The number of benzene rings is 1. The number of hydrogen-bond donors (Lipinski definition) is 2. The van der Waals surface area contributed by atoms with Crippen molar-refractivity contribution < 1.29 is 9.59 Å². The van der Waals surface area contributed by atoms with Crippen molar-refractivity contribution in [3.8, 4) is 0 Å². The van der Waals surface area contributed by atoms with E-state index >= 15 is 0 Å². The molecule has 2 N–H and O–H groups in total. The Kier molecular flexibility index (Phi) is 6.64. The van der Waals surface area contributed by atoms with E-state index in [2.05, 4.69) is 36.3 Å². The lowest BCUT2D eigenvalue weighted by Gasteiger charge is -2.21. The van der Waals surface area contributed by atoms with Crippen molar-refractivity contribution in [3.05, 3.63) is 24.3 Å². The van der Waals surface area contributed by atoms with E-state index in [1.807, 2.05) is 24.3 Å². The number of amides is 2. The van der Waals surface area contributed by atoms with Gasteiger partial charge in [-0.1, -0.05) is 13.3 Å². The molecule has 0 aromatic heterocycles. The van der Waals surface area contributed by atoms with Gasteiger partial charge in [0.2, 0.25) is 11.8 Å². The molecule has 0 bridgehead atoms. The lowest BCUT2D eigenvalue weighted by Crippen LogP contribution is -2.28. The van der Waals surface area contributed by atoms with Crippen LogP contribution in [0.4, 0.5) is 11.4 Å². The second kappa shape index (κ2) is 8.71. The SMILES string of the molecule is CCCCNC(=O)C1CC1C(=O)Nc1ccc(N(CC)CC)cc1. The van der Waals surface area contributed by atoms with Crippen LogP contribution in [0.15, 0.2) is 24.3 Å². The van der Waals surface area contributed by atoms with E-state index in [4.69, 9.17) is 0 Å². The molecule has 0 heterocycles. The third-order valence-electron chi connectivity index (χ3n) is 4.56. The van der Waals surface area contributed by atoms with Crippen molar-refractivity contribution in [1.29, 1.82) is 0 Å². The maximum Gasteiger partial charge on any atom is 0.228 e. The molecule has 2 amide bonds. The minimum absolute atomic E-state index is 0.0143. The third kappa shape index (κ3) is 4.73. The minimum atomic E-state index is -0.186. The second-order valence-electron chi connectivity index (χ2n) is 6.30. The minimum Gasteiger partial charge on any atom is -0.372 e. The predicted molar refractivity (Wildman–Crippen MR) is 98.1 cm³/mol. The molecule has 2 rings (SSSR count). The van der Waals surface area contributed by atoms with Crippen LogP contribution in [-0.2, 0) is 9.59 Å². The summed E-state index contributed by atoms with van der Waals surface area (Å²) in [6, 6.07) is 7.88. The molecule has 5 nitrogen and oxygen atoms in total. The van der Waals surface area contributed by atoms with Crippen LogP contribution < -0.4 is 15.5 Å². The predicted octanol–water partition coefficient (Wildman–Crippen LogP) is 3.02. The topological polar surface area (TPSA) is 61.4 Å². The first-order chi connectivity index (χ1) is 11.6. The summed E-state index contributed by atoms with van der Waals surface area (Å²) in [5.41, 5.74) is 1.94. The number of anilines is 2. The molecule has 0 radical (unpaired) electrons. The number of nitrogens with one attached hydrogen (secondary N) is 2. The molecule has 1 saturated carbocycles. The number of carbonyl (C=O) groups excluding carboxylic acids is 2. The Labute approximate surface area is 144 Å². The molecular weight excluding hydrogens is 302 g/mol. The molecule has 24 heavy (non-hydrogen) atoms. The maximum absolute atomic E-state index is 12.2. The summed E-state index contributed by atoms with van der Waals surface area (Å²) in [6.45, 7) is 8.95. The molecule has 1 aliphatic rings. The zero-order chi connectivity index (χ0) is 17.5. The van der Waals surface area contributed by atoms with Gasteiger partial charge < -0.3 is 15.5 Å². The van der Waals surface area contributed by atoms with Gasteiger partial charge in [0.1, 0.15) is 0 Å². The van der Waals surface area contributed by atoms with Gasteiger partial charge in [0.25, 0.3) is 0 Å². The highest BCUT2D eigenvalue weighted by molar-refractivity contribution is 5.99. The van der Waals surface area contributed by atoms with Crippen LogP contribution in [0.2, 0.25) is 0 Å². The fourth-order valence-corrected chi connectivity index (χ4v) is 2.87. The van der Waals surface area contributed by atoms with Crippen LogP contribution in [0.25, 0.3) is 0 Å². The molecule has 132 valence electrons. The molecular formula is C19H29N3O2. The Hall–Kier alpha value is -2.04. The van der Waals surface area contributed by atoms with Crippen molar-refractivity contribution in [2.24, 2.45) is 11.8 Å². The Balaban J connectivity index is 1.82. The number of unbranched alkanes of at least 4 members (excludes halogenated alkanes) is 1. The summed E-state index contributed by atoms with van der Waals surface area (Å²) in [5, 5.41) is 5.82. The van der Waals surface area contributed by atoms with Gasteiger partial charge in [-0.15, -0.1) is 0 Å². The molecule has 0 aliphatic heterocycles. The van der Waals surface area contributed by atoms with Crippen LogP contribution in [0.5, 0.6) is 0 Å². The number of rotatable bonds is 9. The highest BCUT2D eigenvalue weighted by atomic mass is 16.2. The van der Waals surface area contributed by atoms with E-state index in [9.17, 15) is 9.59 Å². The molecule has 1 aromatic rings. The summed E-state index contributed by atoms with van der Waals surface area (Å²) in [4.78, 5) is 26.4. The van der Waals surface area contributed by atoms with E-state index in [-0.39, 0.29) is 23.7 Å². The van der Waals surface area contributed by atoms with Crippen LogP contribution in [0, 0.1) is 11.8 Å². The molecule has 2 unspecified atom stereocenters. The Bertz CT molecular complexity index is 552. The first-order valence-corrected chi connectivity index (χ1v) is 9.04. The average Bonchev–Trinajstić information content (AvgIpc) is 3.38. The van der Waals surface area contributed by atoms with Gasteiger partial charge in [0.05, 0.1) is 11.8 Å². The monoisotopic (exact) mass is 331 g/mol. The lowest BCUT2D eigenvalue weighted by atomic mass is 10.2. The molecule has 1 aromatic carbocycles. The van der Waals surface area contributed by atoms with Gasteiger partial charge in [-0.3, -0.25) is 9.59 Å². The third-order valence-corrected chi connectivity index (χ3v) is 4.56. The van der Waals surface area contributed by atoms with Crippen molar-refractivity contribution >= 4 is 23.2 Å². The van der Waals surface area contributed by atoms with Crippen molar-refractivity contribution in [2.75, 3.05) is 29.9 Å². The van der Waals surface area contributed by atoms with Crippen molar-refractivity contribution in [2.45, 2.75) is 40.0 Å². The maximum atomic E-state index is 12.2. The van der Waals surface area contributed by atoms with Crippen LogP contribution >= 0.6 is 0 Å². The first-order valence-electron chi connectivity index (χ1n) is 9.04. The molecule has 0 spiro atoms. The van der Waals surface area contributed by atoms with Gasteiger partial charge in [0, 0.05) is 31.0 Å². The Morgan fingerprint density at radius 1 is 1.04 bits per heavy atom. The Morgan fingerprint density at radius 3 is 2.25 bits per heavy atom. The molecule has 5 heteroatoms. The summed E-state index contributed by atoms with van der Waals surface area (Å²) in [5.74, 6) is -0.382. The number of hydrogen-bond acceptors (Lipinski definition) is 3. The highest BCUT2D eigenvalue weighted by Gasteiger charge is 2.47. The van der Waals surface area contributed by atoms with Crippen LogP contribution in [0.1, 0.15) is 40.0 Å². The van der Waals surface area contributed by atoms with E-state index in [0.29, 0.717) is 13.0 Å². The van der Waals surface area contributed by atoms with Crippen molar-refractivity contribution in [1.82, 2.24) is 5.32 Å². The molecule has 1 fully saturated rings. The molecule has 0 saturated heterocycles. The molecule has 2 atom stereocenters. The first kappa shape index (κ1) is 18.3. The summed E-state index contributed by atoms with van der Waals surface area (Å²) < 4.78 is 0. The standard InChI is InChI=1S/C19H29N3O2/c1-4-7-12-20-18(23)16-13-17(16)19(24)21-14-8-10-15(11-9-14)22(5-2)6-3/h8-11,16-17H,4-7,12-13H2,1-3H3,(H,20,23)(H,21,24). The van der Waals surface area contributed by atoms with E-state index in [1.54, 1.807) is 0 Å². The lowest BCUT2D eigenvalue weighted by molar-refractivity contribution is -0.125. The largest absolute Gasteiger partial charge is 0.372 e. The zero-order valence-corrected chi connectivity index (χ0v) is 15.0. The van der Waals surface area contributed by atoms with Gasteiger partial charge in [-0.2, -0.15) is 0 Å². The van der Waals surface area contributed by atoms with Crippen molar-refractivity contribution in [3.63, 3.8) is 0 Å². The average molecular weight is 331 g/mol. The quantitative estimate of drug-likeness (QED) is 0.684. The molecule has 1 aliphatic carbocycles. The second-order valence-corrected chi connectivity index (χ2v) is 6.30. The summed E-state index contributed by atoms with van der Waals surface area (Å²) >= 11 is 0.